The van der Waals surface area contributed by atoms with E-state index in [9.17, 15) is 23.3 Å². The highest BCUT2D eigenvalue weighted by Gasteiger charge is 2.23. The number of nitro groups is 1. The summed E-state index contributed by atoms with van der Waals surface area (Å²) in [5.74, 6) is 0. The van der Waals surface area contributed by atoms with Gasteiger partial charge in [0.15, 0.2) is 6.29 Å². The third-order valence-electron chi connectivity index (χ3n) is 1.84. The maximum atomic E-state index is 11.0. The minimum Gasteiger partial charge on any atom is -0.298 e. The fourth-order valence-electron chi connectivity index (χ4n) is 1.12. The number of nitrogens with zero attached hydrogens (tertiary/aromatic N) is 2. The van der Waals surface area contributed by atoms with E-state index in [1.165, 1.54) is 6.07 Å². The molecule has 0 atom stereocenters. The van der Waals surface area contributed by atoms with Gasteiger partial charge >= 0.3 is 0 Å². The number of aldehydes is 1. The normalized spacial score (nSPS) is 10.6. The van der Waals surface area contributed by atoms with Gasteiger partial charge in [0, 0.05) is 22.3 Å². The maximum Gasteiger partial charge on any atom is 0.289 e. The summed E-state index contributed by atoms with van der Waals surface area (Å²) in [7, 11) is 0.794. The zero-order valence-electron chi connectivity index (χ0n) is 7.95. The Bertz CT molecular complexity index is 647. The Labute approximate surface area is 99.8 Å². The molecule has 0 radical (unpaired) electrons. The second-order valence-electron chi connectivity index (χ2n) is 2.83. The lowest BCUT2D eigenvalue weighted by atomic mass is 10.1. The molecule has 1 aromatic rings. The molecule has 7 nitrogen and oxygen atoms in total. The minimum absolute atomic E-state index is 0.150. The van der Waals surface area contributed by atoms with E-state index in [4.69, 9.17) is 15.9 Å². The third-order valence-corrected chi connectivity index (χ3v) is 3.17. The van der Waals surface area contributed by atoms with Gasteiger partial charge in [0.25, 0.3) is 14.7 Å². The van der Waals surface area contributed by atoms with Crippen molar-refractivity contribution in [3.05, 3.63) is 33.4 Å². The van der Waals surface area contributed by atoms with E-state index in [2.05, 4.69) is 0 Å². The van der Waals surface area contributed by atoms with Crippen LogP contribution in [0.15, 0.2) is 17.0 Å². The third kappa shape index (κ3) is 2.58. The number of carbonyl (C=O) groups is 1. The lowest BCUT2D eigenvalue weighted by Crippen LogP contribution is -2.01. The molecule has 0 spiro atoms. The van der Waals surface area contributed by atoms with Crippen LogP contribution < -0.4 is 0 Å². The van der Waals surface area contributed by atoms with Crippen molar-refractivity contribution in [3.63, 3.8) is 0 Å². The van der Waals surface area contributed by atoms with Crippen LogP contribution in [0.1, 0.15) is 15.9 Å². The van der Waals surface area contributed by atoms with Gasteiger partial charge in [0.1, 0.15) is 11.6 Å². The van der Waals surface area contributed by atoms with Crippen LogP contribution in [0.2, 0.25) is 0 Å². The molecule has 0 saturated carbocycles. The molecule has 0 fully saturated rings. The second-order valence-corrected chi connectivity index (χ2v) is 5.40. The molecule has 0 aliphatic rings. The molecule has 17 heavy (non-hydrogen) atoms. The lowest BCUT2D eigenvalue weighted by molar-refractivity contribution is -0.385. The van der Waals surface area contributed by atoms with Crippen molar-refractivity contribution in [1.29, 1.82) is 5.26 Å². The molecule has 1 rings (SSSR count). The van der Waals surface area contributed by atoms with Crippen LogP contribution in [0.3, 0.4) is 0 Å². The summed E-state index contributed by atoms with van der Waals surface area (Å²) < 4.78 is 22.0. The van der Waals surface area contributed by atoms with Crippen LogP contribution in [-0.2, 0) is 9.05 Å². The van der Waals surface area contributed by atoms with Gasteiger partial charge in [-0.25, -0.2) is 8.42 Å². The van der Waals surface area contributed by atoms with E-state index in [1.54, 1.807) is 0 Å². The molecule has 9 heteroatoms. The predicted octanol–water partition coefficient (Wildman–Crippen LogP) is 1.21. The Hall–Kier alpha value is -1.98. The molecule has 0 aliphatic carbocycles. The number of halogens is 1. The average molecular weight is 275 g/mol. The number of nitriles is 1. The second kappa shape index (κ2) is 4.48. The van der Waals surface area contributed by atoms with Gasteiger partial charge in [-0.2, -0.15) is 5.26 Å². The van der Waals surface area contributed by atoms with E-state index < -0.39 is 35.7 Å². The van der Waals surface area contributed by atoms with Crippen LogP contribution in [0, 0.1) is 21.4 Å². The van der Waals surface area contributed by atoms with Crippen molar-refractivity contribution in [2.45, 2.75) is 4.90 Å². The Morgan fingerprint density at radius 2 is 2.06 bits per heavy atom. The monoisotopic (exact) mass is 274 g/mol. The van der Waals surface area contributed by atoms with Crippen molar-refractivity contribution in [2.75, 3.05) is 0 Å². The standard InChI is InChI=1S/C8H3ClN2O5S/c9-17(15,16)6-1-5(4-12)7(3-10)8(2-6)11(13)14/h1-2,4H. The highest BCUT2D eigenvalue weighted by molar-refractivity contribution is 8.13. The number of carbonyl (C=O) groups excluding carboxylic acids is 1. The van der Waals surface area contributed by atoms with Gasteiger partial charge in [0.05, 0.1) is 9.82 Å². The smallest absolute Gasteiger partial charge is 0.289 e. The van der Waals surface area contributed by atoms with E-state index >= 15 is 0 Å². The predicted molar refractivity (Wildman–Crippen MR) is 56.2 cm³/mol. The van der Waals surface area contributed by atoms with E-state index in [1.807, 2.05) is 0 Å². The summed E-state index contributed by atoms with van der Waals surface area (Å²) in [4.78, 5) is 19.7. The molecule has 0 heterocycles. The van der Waals surface area contributed by atoms with Crippen LogP contribution in [-0.4, -0.2) is 19.6 Å². The lowest BCUT2D eigenvalue weighted by Gasteiger charge is -2.01. The Balaban J connectivity index is 3.77. The molecule has 0 unspecified atom stereocenters. The molecule has 0 saturated heterocycles. The fraction of sp³-hybridized carbons (Fsp3) is 0. The first-order valence-electron chi connectivity index (χ1n) is 3.93. The summed E-state index contributed by atoms with van der Waals surface area (Å²) in [5.41, 5.74) is -1.69. The molecule has 0 N–H and O–H groups in total. The quantitative estimate of drug-likeness (QED) is 0.354. The van der Waals surface area contributed by atoms with E-state index in [-0.39, 0.29) is 6.29 Å². The molecule has 88 valence electrons. The first-order valence-corrected chi connectivity index (χ1v) is 6.24. The van der Waals surface area contributed by atoms with Crippen LogP contribution >= 0.6 is 10.7 Å². The molecule has 1 aromatic carbocycles. The van der Waals surface area contributed by atoms with Crippen LogP contribution in [0.5, 0.6) is 0 Å². The number of benzene rings is 1. The average Bonchev–Trinajstić information content (AvgIpc) is 2.25. The summed E-state index contributed by atoms with van der Waals surface area (Å²) in [6, 6.07) is 2.90. The van der Waals surface area contributed by atoms with Gasteiger partial charge in [-0.3, -0.25) is 14.9 Å². The van der Waals surface area contributed by atoms with Gasteiger partial charge in [-0.05, 0) is 6.07 Å². The highest BCUT2D eigenvalue weighted by atomic mass is 35.7. The van der Waals surface area contributed by atoms with Crippen LogP contribution in [0.4, 0.5) is 5.69 Å². The zero-order chi connectivity index (χ0) is 13.2. The molecule has 0 aromatic heterocycles. The van der Waals surface area contributed by atoms with Gasteiger partial charge in [0.2, 0.25) is 0 Å². The summed E-state index contributed by atoms with van der Waals surface area (Å²) in [5, 5.41) is 19.3. The van der Waals surface area contributed by atoms with E-state index in [0.29, 0.717) is 6.07 Å². The maximum absolute atomic E-state index is 11.0. The van der Waals surface area contributed by atoms with Gasteiger partial charge < -0.3 is 0 Å². The topological polar surface area (TPSA) is 118 Å². The highest BCUT2D eigenvalue weighted by Crippen LogP contribution is 2.27. The SMILES string of the molecule is N#Cc1c(C=O)cc(S(=O)(=O)Cl)cc1[N+](=O)[O-]. The summed E-state index contributed by atoms with van der Waals surface area (Å²) >= 11 is 0. The zero-order valence-corrected chi connectivity index (χ0v) is 9.53. The Morgan fingerprint density at radius 1 is 1.47 bits per heavy atom. The molecule has 0 bridgehead atoms. The Kier molecular flexibility index (Phi) is 3.45. The summed E-state index contributed by atoms with van der Waals surface area (Å²) in [6.45, 7) is 0. The number of nitro benzene ring substituents is 1. The van der Waals surface area contributed by atoms with Crippen molar-refractivity contribution < 1.29 is 18.1 Å². The van der Waals surface area contributed by atoms with Crippen molar-refractivity contribution in [3.8, 4) is 6.07 Å². The van der Waals surface area contributed by atoms with Crippen molar-refractivity contribution in [2.24, 2.45) is 0 Å². The van der Waals surface area contributed by atoms with Gasteiger partial charge in [-0.1, -0.05) is 0 Å². The molecular weight excluding hydrogens is 272 g/mol. The largest absolute Gasteiger partial charge is 0.298 e. The van der Waals surface area contributed by atoms with Crippen molar-refractivity contribution >= 4 is 31.7 Å². The number of hydrogen-bond acceptors (Lipinski definition) is 6. The fourth-order valence-corrected chi connectivity index (χ4v) is 1.91. The first-order chi connectivity index (χ1) is 7.81. The number of hydrogen-bond donors (Lipinski definition) is 0. The first kappa shape index (κ1) is 13.1. The van der Waals surface area contributed by atoms with Crippen molar-refractivity contribution in [1.82, 2.24) is 0 Å². The molecular formula is C8H3ClN2O5S. The van der Waals surface area contributed by atoms with Crippen LogP contribution in [0.25, 0.3) is 0 Å². The molecule has 0 amide bonds. The van der Waals surface area contributed by atoms with E-state index in [0.717, 1.165) is 6.07 Å². The molecule has 0 aliphatic heterocycles. The van der Waals surface area contributed by atoms with Gasteiger partial charge in [-0.15, -0.1) is 0 Å². The summed E-state index contributed by atoms with van der Waals surface area (Å²) in [6.07, 6.45) is 0.150. The Morgan fingerprint density at radius 3 is 2.41 bits per heavy atom. The number of rotatable bonds is 3. The minimum atomic E-state index is -4.22.